The van der Waals surface area contributed by atoms with Crippen molar-refractivity contribution in [2.75, 3.05) is 20.6 Å². The molecule has 7 nitrogen and oxygen atoms in total. The molecule has 0 aromatic carbocycles. The summed E-state index contributed by atoms with van der Waals surface area (Å²) in [5.41, 5.74) is 0.880. The Balaban J connectivity index is 2.52. The Labute approximate surface area is 167 Å². The van der Waals surface area contributed by atoms with Gasteiger partial charge in [0.25, 0.3) is 11.8 Å². The van der Waals surface area contributed by atoms with E-state index in [9.17, 15) is 9.59 Å². The Morgan fingerprint density at radius 1 is 1.29 bits per heavy atom. The average molecular weight is 388 g/mol. The highest BCUT2D eigenvalue weighted by atomic mass is 16.2. The number of rotatable bonds is 5. The summed E-state index contributed by atoms with van der Waals surface area (Å²) in [6.07, 6.45) is 7.10. The van der Waals surface area contributed by atoms with Crippen molar-refractivity contribution < 1.29 is 9.59 Å². The van der Waals surface area contributed by atoms with Crippen LogP contribution in [0.3, 0.4) is 0 Å². The van der Waals surface area contributed by atoms with E-state index in [4.69, 9.17) is 0 Å². The fourth-order valence-corrected chi connectivity index (χ4v) is 3.23. The normalized spacial score (nSPS) is 16.1. The van der Waals surface area contributed by atoms with E-state index in [0.29, 0.717) is 12.2 Å². The summed E-state index contributed by atoms with van der Waals surface area (Å²) >= 11 is 0. The molecule has 0 atom stereocenters. The first-order chi connectivity index (χ1) is 13.2. The fraction of sp³-hybridized carbons (Fsp3) is 0.619. The van der Waals surface area contributed by atoms with Gasteiger partial charge in [-0.1, -0.05) is 40.2 Å². The maximum atomic E-state index is 13.1. The lowest BCUT2D eigenvalue weighted by Gasteiger charge is -2.19. The number of amides is 2. The topological polar surface area (TPSA) is 79.6 Å². The number of nitrogens with one attached hydrogen (secondary N) is 1. The highest BCUT2D eigenvalue weighted by Gasteiger charge is 2.29. The van der Waals surface area contributed by atoms with Gasteiger partial charge >= 0.3 is 0 Å². The van der Waals surface area contributed by atoms with Crippen molar-refractivity contribution in [3.05, 3.63) is 23.3 Å². The number of fused-ring (bicyclic) bond motifs is 1. The highest BCUT2D eigenvalue weighted by Crippen LogP contribution is 2.22. The fourth-order valence-electron chi connectivity index (χ4n) is 3.23. The van der Waals surface area contributed by atoms with Crippen LogP contribution in [0.2, 0.25) is 0 Å². The van der Waals surface area contributed by atoms with Gasteiger partial charge in [0.15, 0.2) is 5.69 Å². The molecule has 28 heavy (non-hydrogen) atoms. The Morgan fingerprint density at radius 3 is 2.61 bits per heavy atom. The summed E-state index contributed by atoms with van der Waals surface area (Å²) in [6.45, 7) is 10.1. The predicted octanol–water partition coefficient (Wildman–Crippen LogP) is 2.91. The van der Waals surface area contributed by atoms with Crippen LogP contribution in [0.1, 0.15) is 69.0 Å². The van der Waals surface area contributed by atoms with E-state index in [-0.39, 0.29) is 11.6 Å². The zero-order valence-corrected chi connectivity index (χ0v) is 18.0. The number of hydrogen-bond acceptors (Lipinski definition) is 4. The molecule has 1 aliphatic heterocycles. The Bertz CT molecular complexity index is 783. The quantitative estimate of drug-likeness (QED) is 0.788. The number of imidazole rings is 1. The second kappa shape index (κ2) is 9.28. The summed E-state index contributed by atoms with van der Waals surface area (Å²) in [5.74, 6) is -0.0106. The van der Waals surface area contributed by atoms with Crippen molar-refractivity contribution in [3.63, 3.8) is 0 Å². The van der Waals surface area contributed by atoms with Crippen molar-refractivity contribution in [2.24, 2.45) is 10.4 Å². The summed E-state index contributed by atoms with van der Waals surface area (Å²) in [4.78, 5) is 36.3. The number of carbonyl (C=O) groups excluding carboxylic acids is 2. The van der Waals surface area contributed by atoms with Gasteiger partial charge in [0.1, 0.15) is 11.5 Å². The van der Waals surface area contributed by atoms with Crippen LogP contribution < -0.4 is 5.32 Å². The summed E-state index contributed by atoms with van der Waals surface area (Å²) in [7, 11) is 3.58. The second-order valence-corrected chi connectivity index (χ2v) is 8.29. The van der Waals surface area contributed by atoms with Gasteiger partial charge in [0.2, 0.25) is 0 Å². The van der Waals surface area contributed by atoms with Crippen LogP contribution in [0, 0.1) is 5.41 Å². The maximum Gasteiger partial charge on any atom is 0.297 e. The first-order valence-corrected chi connectivity index (χ1v) is 9.99. The van der Waals surface area contributed by atoms with Gasteiger partial charge in [-0.2, -0.15) is 0 Å². The number of unbranched alkanes of at least 4 members (excludes halogenated alkanes) is 1. The lowest BCUT2D eigenvalue weighted by Crippen LogP contribution is -2.37. The number of aromatic nitrogens is 2. The first kappa shape index (κ1) is 22.0. The zero-order valence-electron chi connectivity index (χ0n) is 18.0. The van der Waals surface area contributed by atoms with Crippen molar-refractivity contribution >= 4 is 23.6 Å². The molecular weight excluding hydrogens is 354 g/mol. The molecule has 0 radical (unpaired) electrons. The molecule has 2 amide bonds. The van der Waals surface area contributed by atoms with Crippen LogP contribution in [-0.2, 0) is 17.9 Å². The first-order valence-electron chi connectivity index (χ1n) is 9.99. The molecule has 154 valence electrons. The molecule has 0 saturated carbocycles. The van der Waals surface area contributed by atoms with Crippen LogP contribution in [0.5, 0.6) is 0 Å². The Hall–Kier alpha value is -2.28. The summed E-state index contributed by atoms with van der Waals surface area (Å²) in [6, 6.07) is 0. The average Bonchev–Trinajstić information content (AvgIpc) is 2.83. The molecule has 0 unspecified atom stereocenters. The van der Waals surface area contributed by atoms with Crippen molar-refractivity contribution in [1.29, 1.82) is 0 Å². The third-order valence-electron chi connectivity index (χ3n) is 4.73. The van der Waals surface area contributed by atoms with E-state index < -0.39 is 11.3 Å². The molecular formula is C21H33N5O2. The SMILES string of the molecule is CCC/C=C/c1nc(C(=O)N=C(C(=O)NC)C(C)(C)C)c2n1CCCN(C)C2. The highest BCUT2D eigenvalue weighted by molar-refractivity contribution is 6.42. The number of carbonyl (C=O) groups is 2. The minimum absolute atomic E-state index is 0.215. The number of allylic oxidation sites excluding steroid dienone is 1. The Morgan fingerprint density at radius 2 is 2.00 bits per heavy atom. The lowest BCUT2D eigenvalue weighted by atomic mass is 9.89. The van der Waals surface area contributed by atoms with Crippen LogP contribution in [0.15, 0.2) is 11.1 Å². The molecule has 2 rings (SSSR count). The van der Waals surface area contributed by atoms with Gasteiger partial charge in [-0.25, -0.2) is 9.98 Å². The van der Waals surface area contributed by atoms with Crippen LogP contribution in [-0.4, -0.2) is 52.6 Å². The van der Waals surface area contributed by atoms with Crippen LogP contribution >= 0.6 is 0 Å². The van der Waals surface area contributed by atoms with Crippen molar-refractivity contribution in [2.45, 2.75) is 60.0 Å². The van der Waals surface area contributed by atoms with Crippen LogP contribution in [0.4, 0.5) is 0 Å². The smallest absolute Gasteiger partial charge is 0.297 e. The largest absolute Gasteiger partial charge is 0.354 e. The molecule has 0 saturated heterocycles. The summed E-state index contributed by atoms with van der Waals surface area (Å²) in [5, 5.41) is 2.58. The van der Waals surface area contributed by atoms with Gasteiger partial charge < -0.3 is 14.8 Å². The third-order valence-corrected chi connectivity index (χ3v) is 4.73. The van der Waals surface area contributed by atoms with E-state index in [2.05, 4.69) is 37.8 Å². The van der Waals surface area contributed by atoms with Gasteiger partial charge in [-0.3, -0.25) is 9.59 Å². The standard InChI is InChI=1S/C21H33N5O2/c1-7-8-9-11-16-23-17(15-14-25(6)12-10-13-26(15)16)19(27)24-18(20(28)22-5)21(2,3)4/h9,11H,7-8,10,12-14H2,1-6H3,(H,22,28)/b11-9+,24-18?. The molecule has 2 heterocycles. The third kappa shape index (κ3) is 5.16. The molecule has 1 aromatic heterocycles. The van der Waals surface area contributed by atoms with E-state index in [1.165, 1.54) is 0 Å². The van der Waals surface area contributed by atoms with Crippen molar-refractivity contribution in [3.8, 4) is 0 Å². The minimum Gasteiger partial charge on any atom is -0.354 e. The monoisotopic (exact) mass is 387 g/mol. The molecule has 1 aliphatic rings. The number of nitrogens with zero attached hydrogens (tertiary/aromatic N) is 4. The molecule has 0 bridgehead atoms. The number of aliphatic imine (C=N–C) groups is 1. The predicted molar refractivity (Wildman–Crippen MR) is 112 cm³/mol. The van der Waals surface area contributed by atoms with Gasteiger partial charge in [-0.05, 0) is 32.5 Å². The Kier molecular flexibility index (Phi) is 7.29. The van der Waals surface area contributed by atoms with Gasteiger partial charge in [0, 0.05) is 25.6 Å². The molecule has 0 spiro atoms. The van der Waals surface area contributed by atoms with Crippen molar-refractivity contribution in [1.82, 2.24) is 19.8 Å². The molecule has 1 N–H and O–H groups in total. The van der Waals surface area contributed by atoms with E-state index >= 15 is 0 Å². The molecule has 0 aliphatic carbocycles. The van der Waals surface area contributed by atoms with E-state index in [0.717, 1.165) is 43.9 Å². The van der Waals surface area contributed by atoms with E-state index in [1.54, 1.807) is 7.05 Å². The summed E-state index contributed by atoms with van der Waals surface area (Å²) < 4.78 is 2.12. The number of hydrogen-bond donors (Lipinski definition) is 1. The molecule has 1 aromatic rings. The van der Waals surface area contributed by atoms with Gasteiger partial charge in [0.05, 0.1) is 5.69 Å². The minimum atomic E-state index is -0.549. The zero-order chi connectivity index (χ0) is 20.9. The van der Waals surface area contributed by atoms with E-state index in [1.807, 2.05) is 33.9 Å². The molecule has 7 heteroatoms. The molecule has 0 fully saturated rings. The van der Waals surface area contributed by atoms with Crippen LogP contribution in [0.25, 0.3) is 6.08 Å². The maximum absolute atomic E-state index is 13.1. The lowest BCUT2D eigenvalue weighted by molar-refractivity contribution is -0.114. The second-order valence-electron chi connectivity index (χ2n) is 8.29. The van der Waals surface area contributed by atoms with Gasteiger partial charge in [-0.15, -0.1) is 0 Å².